The Morgan fingerprint density at radius 1 is 1.38 bits per heavy atom. The molecule has 0 heterocycles. The molecule has 0 unspecified atom stereocenters. The van der Waals surface area contributed by atoms with Crippen LogP contribution in [0.2, 0.25) is 0 Å². The van der Waals surface area contributed by atoms with Crippen molar-refractivity contribution in [3.05, 3.63) is 0 Å². The molecule has 0 rings (SSSR count). The van der Waals surface area contributed by atoms with Gasteiger partial charge in [0.1, 0.15) is 6.61 Å². The van der Waals surface area contributed by atoms with Crippen LogP contribution in [-0.2, 0) is 9.59 Å². The van der Waals surface area contributed by atoms with Gasteiger partial charge in [-0.05, 0) is 12.3 Å². The lowest BCUT2D eigenvalue weighted by molar-refractivity contribution is -0.128. The summed E-state index contributed by atoms with van der Waals surface area (Å²) in [5.74, 6) is -0.260. The number of nitrogens with one attached hydrogen (secondary N) is 1. The van der Waals surface area contributed by atoms with Crippen LogP contribution in [0.15, 0.2) is 0 Å². The summed E-state index contributed by atoms with van der Waals surface area (Å²) in [6.45, 7) is 4.76. The van der Waals surface area contributed by atoms with Crippen LogP contribution in [0.25, 0.3) is 0 Å². The van der Waals surface area contributed by atoms with E-state index in [9.17, 15) is 9.59 Å². The lowest BCUT2D eigenvalue weighted by atomic mass is 10.0. The standard InChI is InChI=1S/C9H17NO3/c1-6(2)4-8(9(13)5-11)10-7(3)12/h6,8,11H,4-5H2,1-3H3,(H,10,12)/t8-/m0/s1. The van der Waals surface area contributed by atoms with Gasteiger partial charge in [0.25, 0.3) is 0 Å². The predicted molar refractivity (Wildman–Crippen MR) is 49.2 cm³/mol. The third kappa shape index (κ3) is 5.36. The number of carbonyl (C=O) groups is 2. The quantitative estimate of drug-likeness (QED) is 0.641. The van der Waals surface area contributed by atoms with E-state index in [0.29, 0.717) is 12.3 Å². The summed E-state index contributed by atoms with van der Waals surface area (Å²) in [5, 5.41) is 11.1. The minimum atomic E-state index is -0.539. The first-order chi connectivity index (χ1) is 5.97. The van der Waals surface area contributed by atoms with Crippen molar-refractivity contribution >= 4 is 11.7 Å². The second kappa shape index (κ2) is 5.70. The fourth-order valence-electron chi connectivity index (χ4n) is 1.10. The Labute approximate surface area is 78.3 Å². The number of carbonyl (C=O) groups excluding carboxylic acids is 2. The highest BCUT2D eigenvalue weighted by atomic mass is 16.3. The van der Waals surface area contributed by atoms with E-state index in [1.807, 2.05) is 13.8 Å². The highest BCUT2D eigenvalue weighted by Gasteiger charge is 2.19. The van der Waals surface area contributed by atoms with Gasteiger partial charge in [-0.15, -0.1) is 0 Å². The molecule has 2 N–H and O–H groups in total. The Balaban J connectivity index is 4.18. The van der Waals surface area contributed by atoms with E-state index in [4.69, 9.17) is 5.11 Å². The van der Waals surface area contributed by atoms with Gasteiger partial charge in [0.2, 0.25) is 5.91 Å². The van der Waals surface area contributed by atoms with Crippen LogP contribution in [-0.4, -0.2) is 29.4 Å². The van der Waals surface area contributed by atoms with Crippen molar-refractivity contribution in [3.63, 3.8) is 0 Å². The van der Waals surface area contributed by atoms with Crippen LogP contribution >= 0.6 is 0 Å². The van der Waals surface area contributed by atoms with Crippen molar-refractivity contribution in [2.24, 2.45) is 5.92 Å². The highest BCUT2D eigenvalue weighted by molar-refractivity contribution is 5.89. The first-order valence-electron chi connectivity index (χ1n) is 4.38. The molecule has 0 aliphatic carbocycles. The van der Waals surface area contributed by atoms with Gasteiger partial charge in [0.05, 0.1) is 6.04 Å². The first kappa shape index (κ1) is 12.1. The second-order valence-corrected chi connectivity index (χ2v) is 3.51. The van der Waals surface area contributed by atoms with Crippen molar-refractivity contribution in [1.29, 1.82) is 0 Å². The van der Waals surface area contributed by atoms with E-state index in [1.54, 1.807) is 0 Å². The number of Topliss-reactive ketones (excluding diaryl/α,β-unsaturated/α-hetero) is 1. The average molecular weight is 187 g/mol. The zero-order valence-corrected chi connectivity index (χ0v) is 8.33. The Morgan fingerprint density at radius 2 is 1.92 bits per heavy atom. The minimum absolute atomic E-state index is 0.243. The zero-order valence-electron chi connectivity index (χ0n) is 8.33. The molecule has 1 amide bonds. The van der Waals surface area contributed by atoms with Crippen LogP contribution in [0.4, 0.5) is 0 Å². The molecular formula is C9H17NO3. The van der Waals surface area contributed by atoms with E-state index in [0.717, 1.165) is 0 Å². The number of rotatable bonds is 5. The Bertz CT molecular complexity index is 189. The molecule has 0 aromatic rings. The summed E-state index contributed by atoms with van der Waals surface area (Å²) in [4.78, 5) is 21.8. The maximum Gasteiger partial charge on any atom is 0.217 e. The molecule has 0 fully saturated rings. The second-order valence-electron chi connectivity index (χ2n) is 3.51. The molecule has 0 aromatic heterocycles. The monoisotopic (exact) mass is 187 g/mol. The molecule has 0 bridgehead atoms. The number of ketones is 1. The summed E-state index contributed by atoms with van der Waals surface area (Å²) < 4.78 is 0. The van der Waals surface area contributed by atoms with Crippen LogP contribution in [0, 0.1) is 5.92 Å². The SMILES string of the molecule is CC(=O)N[C@@H](CC(C)C)C(=O)CO. The van der Waals surface area contributed by atoms with E-state index >= 15 is 0 Å². The van der Waals surface area contributed by atoms with Gasteiger partial charge < -0.3 is 10.4 Å². The van der Waals surface area contributed by atoms with Crippen LogP contribution in [0.1, 0.15) is 27.2 Å². The Kier molecular flexibility index (Phi) is 5.30. The topological polar surface area (TPSA) is 66.4 Å². The van der Waals surface area contributed by atoms with Crippen molar-refractivity contribution in [2.75, 3.05) is 6.61 Å². The number of hydrogen-bond acceptors (Lipinski definition) is 3. The molecule has 0 spiro atoms. The van der Waals surface area contributed by atoms with Gasteiger partial charge in [-0.1, -0.05) is 13.8 Å². The van der Waals surface area contributed by atoms with Crippen molar-refractivity contribution in [1.82, 2.24) is 5.32 Å². The van der Waals surface area contributed by atoms with Crippen molar-refractivity contribution in [3.8, 4) is 0 Å². The zero-order chi connectivity index (χ0) is 10.4. The van der Waals surface area contributed by atoms with Crippen molar-refractivity contribution in [2.45, 2.75) is 33.2 Å². The minimum Gasteiger partial charge on any atom is -0.389 e. The summed E-state index contributed by atoms with van der Waals surface area (Å²) in [7, 11) is 0. The molecule has 0 aromatic carbocycles. The summed E-state index contributed by atoms with van der Waals surface area (Å²) in [5.41, 5.74) is 0. The third-order valence-corrected chi connectivity index (χ3v) is 1.63. The van der Waals surface area contributed by atoms with E-state index in [2.05, 4.69) is 5.32 Å². The van der Waals surface area contributed by atoms with E-state index in [1.165, 1.54) is 6.92 Å². The summed E-state index contributed by atoms with van der Waals surface area (Å²) in [6.07, 6.45) is 0.568. The van der Waals surface area contributed by atoms with E-state index in [-0.39, 0.29) is 11.7 Å². The van der Waals surface area contributed by atoms with Crippen LogP contribution in [0.5, 0.6) is 0 Å². The number of aliphatic hydroxyl groups is 1. The number of hydrogen-bond donors (Lipinski definition) is 2. The van der Waals surface area contributed by atoms with Gasteiger partial charge in [0, 0.05) is 6.92 Å². The van der Waals surface area contributed by atoms with Crippen LogP contribution in [0.3, 0.4) is 0 Å². The average Bonchev–Trinajstić information content (AvgIpc) is 2.00. The molecule has 0 saturated heterocycles. The van der Waals surface area contributed by atoms with E-state index < -0.39 is 12.6 Å². The normalized spacial score (nSPS) is 12.7. The van der Waals surface area contributed by atoms with Crippen LogP contribution < -0.4 is 5.32 Å². The Morgan fingerprint density at radius 3 is 2.23 bits per heavy atom. The van der Waals surface area contributed by atoms with Gasteiger partial charge >= 0.3 is 0 Å². The summed E-state index contributed by atoms with van der Waals surface area (Å²) in [6, 6.07) is -0.539. The molecule has 4 nitrogen and oxygen atoms in total. The third-order valence-electron chi connectivity index (χ3n) is 1.63. The molecule has 76 valence electrons. The molecule has 0 aliphatic rings. The van der Waals surface area contributed by atoms with Gasteiger partial charge in [-0.3, -0.25) is 9.59 Å². The molecule has 0 saturated carbocycles. The fraction of sp³-hybridized carbons (Fsp3) is 0.778. The van der Waals surface area contributed by atoms with Gasteiger partial charge in [-0.2, -0.15) is 0 Å². The molecular weight excluding hydrogens is 170 g/mol. The van der Waals surface area contributed by atoms with Gasteiger partial charge in [0.15, 0.2) is 5.78 Å². The number of amides is 1. The number of aliphatic hydroxyl groups excluding tert-OH is 1. The lowest BCUT2D eigenvalue weighted by Gasteiger charge is -2.17. The smallest absolute Gasteiger partial charge is 0.217 e. The Hall–Kier alpha value is -0.900. The van der Waals surface area contributed by atoms with Gasteiger partial charge in [-0.25, -0.2) is 0 Å². The lowest BCUT2D eigenvalue weighted by Crippen LogP contribution is -2.41. The molecule has 13 heavy (non-hydrogen) atoms. The first-order valence-corrected chi connectivity index (χ1v) is 4.38. The summed E-state index contributed by atoms with van der Waals surface area (Å²) >= 11 is 0. The largest absolute Gasteiger partial charge is 0.389 e. The molecule has 1 atom stereocenters. The fourth-order valence-corrected chi connectivity index (χ4v) is 1.10. The molecule has 4 heteroatoms. The maximum atomic E-state index is 11.1. The molecule has 0 radical (unpaired) electrons. The van der Waals surface area contributed by atoms with Crippen molar-refractivity contribution < 1.29 is 14.7 Å². The highest BCUT2D eigenvalue weighted by Crippen LogP contribution is 2.05. The maximum absolute atomic E-state index is 11.1. The predicted octanol–water partition coefficient (Wildman–Crippen LogP) is 0.0986. The molecule has 0 aliphatic heterocycles.